The van der Waals surface area contributed by atoms with Gasteiger partial charge in [0.15, 0.2) is 0 Å². The van der Waals surface area contributed by atoms with Crippen molar-refractivity contribution in [1.82, 2.24) is 15.0 Å². The third-order valence-electron chi connectivity index (χ3n) is 2.26. The van der Waals surface area contributed by atoms with Crippen molar-refractivity contribution in [3.63, 3.8) is 0 Å². The molecule has 0 spiro atoms. The van der Waals surface area contributed by atoms with E-state index >= 15 is 0 Å². The van der Waals surface area contributed by atoms with Gasteiger partial charge in [0.1, 0.15) is 12.3 Å². The van der Waals surface area contributed by atoms with Gasteiger partial charge in [-0.3, -0.25) is 0 Å². The van der Waals surface area contributed by atoms with E-state index < -0.39 is 0 Å². The zero-order valence-corrected chi connectivity index (χ0v) is 8.91. The van der Waals surface area contributed by atoms with E-state index in [1.54, 1.807) is 12.4 Å². The zero-order chi connectivity index (χ0) is 11.4. The maximum atomic E-state index is 8.97. The Morgan fingerprint density at radius 3 is 2.44 bits per heavy atom. The second kappa shape index (κ2) is 4.57. The van der Waals surface area contributed by atoms with E-state index in [0.29, 0.717) is 12.3 Å². The predicted octanol–water partition coefficient (Wildman–Crippen LogP) is 1.47. The van der Waals surface area contributed by atoms with Gasteiger partial charge < -0.3 is 5.21 Å². The Morgan fingerprint density at radius 2 is 1.88 bits per heavy atom. The summed E-state index contributed by atoms with van der Waals surface area (Å²) in [6, 6.07) is 7.76. The van der Waals surface area contributed by atoms with Gasteiger partial charge in [0.05, 0.1) is 12.4 Å². The van der Waals surface area contributed by atoms with Crippen molar-refractivity contribution in [2.75, 3.05) is 0 Å². The summed E-state index contributed by atoms with van der Waals surface area (Å²) in [5, 5.41) is 20.2. The Bertz CT molecular complexity index is 473. The molecule has 0 saturated carbocycles. The van der Waals surface area contributed by atoms with Gasteiger partial charge in [-0.25, -0.2) is 0 Å². The quantitative estimate of drug-likeness (QED) is 0.480. The van der Waals surface area contributed by atoms with Crippen molar-refractivity contribution in [2.45, 2.75) is 13.5 Å². The molecule has 0 aliphatic carbocycles. The van der Waals surface area contributed by atoms with Crippen LogP contribution in [0.15, 0.2) is 41.8 Å². The largest absolute Gasteiger partial charge is 0.411 e. The van der Waals surface area contributed by atoms with Gasteiger partial charge in [-0.15, -0.1) is 0 Å². The monoisotopic (exact) mass is 216 g/mol. The third-order valence-corrected chi connectivity index (χ3v) is 2.26. The lowest BCUT2D eigenvalue weighted by Gasteiger charge is -2.04. The van der Waals surface area contributed by atoms with Gasteiger partial charge >= 0.3 is 0 Å². The lowest BCUT2D eigenvalue weighted by atomic mass is 10.1. The SMILES string of the molecule is Cc1ccc(/C(Cn2nccn2)=N\O)cc1. The summed E-state index contributed by atoms with van der Waals surface area (Å²) >= 11 is 0. The fourth-order valence-corrected chi connectivity index (χ4v) is 1.39. The summed E-state index contributed by atoms with van der Waals surface area (Å²) in [6.07, 6.45) is 3.17. The van der Waals surface area contributed by atoms with Crippen LogP contribution < -0.4 is 0 Å². The van der Waals surface area contributed by atoms with Gasteiger partial charge in [0.2, 0.25) is 0 Å². The van der Waals surface area contributed by atoms with Crippen molar-refractivity contribution < 1.29 is 5.21 Å². The topological polar surface area (TPSA) is 63.3 Å². The molecule has 0 atom stereocenters. The number of oxime groups is 1. The Labute approximate surface area is 93.0 Å². The highest BCUT2D eigenvalue weighted by Gasteiger charge is 2.05. The van der Waals surface area contributed by atoms with Crippen molar-refractivity contribution in [3.8, 4) is 0 Å². The molecule has 0 bridgehead atoms. The van der Waals surface area contributed by atoms with Gasteiger partial charge in [0, 0.05) is 5.56 Å². The van der Waals surface area contributed by atoms with Crippen LogP contribution in [0, 0.1) is 6.92 Å². The van der Waals surface area contributed by atoms with Crippen LogP contribution in [-0.2, 0) is 6.54 Å². The van der Waals surface area contributed by atoms with Crippen LogP contribution in [0.2, 0.25) is 0 Å². The van der Waals surface area contributed by atoms with E-state index in [2.05, 4.69) is 15.4 Å². The molecular weight excluding hydrogens is 204 g/mol. The molecule has 1 aromatic carbocycles. The second-order valence-electron chi connectivity index (χ2n) is 3.47. The molecule has 1 aromatic heterocycles. The van der Waals surface area contributed by atoms with Gasteiger partial charge in [-0.1, -0.05) is 35.0 Å². The first-order chi connectivity index (χ1) is 7.79. The second-order valence-corrected chi connectivity index (χ2v) is 3.47. The number of hydrogen-bond donors (Lipinski definition) is 1. The van der Waals surface area contributed by atoms with E-state index in [1.165, 1.54) is 10.4 Å². The molecule has 82 valence electrons. The lowest BCUT2D eigenvalue weighted by molar-refractivity contribution is 0.316. The zero-order valence-electron chi connectivity index (χ0n) is 8.91. The molecule has 0 fully saturated rings. The number of hydrogen-bond acceptors (Lipinski definition) is 4. The van der Waals surface area contributed by atoms with E-state index in [0.717, 1.165) is 5.56 Å². The van der Waals surface area contributed by atoms with Crippen LogP contribution >= 0.6 is 0 Å². The molecule has 0 amide bonds. The van der Waals surface area contributed by atoms with Crippen LogP contribution in [-0.4, -0.2) is 25.9 Å². The first-order valence-corrected chi connectivity index (χ1v) is 4.91. The molecule has 1 N–H and O–H groups in total. The minimum absolute atomic E-state index is 0.354. The maximum Gasteiger partial charge on any atom is 0.110 e. The molecule has 5 nitrogen and oxygen atoms in total. The summed E-state index contributed by atoms with van der Waals surface area (Å²) in [4.78, 5) is 1.47. The minimum Gasteiger partial charge on any atom is -0.411 e. The standard InChI is InChI=1S/C11H12N4O/c1-9-2-4-10(5-3-9)11(14-16)8-15-12-6-7-13-15/h2-7,16H,8H2,1H3/b14-11-. The minimum atomic E-state index is 0.354. The van der Waals surface area contributed by atoms with Crippen LogP contribution in [0.3, 0.4) is 0 Å². The number of nitrogens with zero attached hydrogens (tertiary/aromatic N) is 4. The molecule has 2 aromatic rings. The summed E-state index contributed by atoms with van der Waals surface area (Å²) in [6.45, 7) is 2.36. The Hall–Kier alpha value is -2.17. The molecule has 0 aliphatic rings. The van der Waals surface area contributed by atoms with Crippen molar-refractivity contribution in [3.05, 3.63) is 47.8 Å². The molecule has 2 rings (SSSR count). The van der Waals surface area contributed by atoms with Crippen LogP contribution in [0.1, 0.15) is 11.1 Å². The molecule has 0 aliphatic heterocycles. The molecule has 5 heteroatoms. The van der Waals surface area contributed by atoms with Crippen molar-refractivity contribution >= 4 is 5.71 Å². The van der Waals surface area contributed by atoms with Gasteiger partial charge in [0.25, 0.3) is 0 Å². The summed E-state index contributed by atoms with van der Waals surface area (Å²) in [5.74, 6) is 0. The van der Waals surface area contributed by atoms with E-state index in [4.69, 9.17) is 5.21 Å². The van der Waals surface area contributed by atoms with E-state index in [-0.39, 0.29) is 0 Å². The average Bonchev–Trinajstić information content (AvgIpc) is 2.80. The lowest BCUT2D eigenvalue weighted by Crippen LogP contribution is -2.14. The summed E-state index contributed by atoms with van der Waals surface area (Å²) < 4.78 is 0. The normalized spacial score (nSPS) is 11.7. The van der Waals surface area contributed by atoms with Crippen LogP contribution in [0.5, 0.6) is 0 Å². The molecule has 0 unspecified atom stereocenters. The first-order valence-electron chi connectivity index (χ1n) is 4.91. The Kier molecular flexibility index (Phi) is 2.95. The van der Waals surface area contributed by atoms with E-state index in [1.807, 2.05) is 31.2 Å². The van der Waals surface area contributed by atoms with E-state index in [9.17, 15) is 0 Å². The number of rotatable bonds is 3. The fraction of sp³-hybridized carbons (Fsp3) is 0.182. The molecule has 16 heavy (non-hydrogen) atoms. The van der Waals surface area contributed by atoms with Gasteiger partial charge in [-0.05, 0) is 6.92 Å². The molecule has 1 heterocycles. The summed E-state index contributed by atoms with van der Waals surface area (Å²) in [7, 11) is 0. The number of benzene rings is 1. The van der Waals surface area contributed by atoms with Crippen molar-refractivity contribution in [2.24, 2.45) is 5.16 Å². The molecule has 0 radical (unpaired) electrons. The smallest absolute Gasteiger partial charge is 0.110 e. The highest BCUT2D eigenvalue weighted by molar-refractivity contribution is 5.99. The Morgan fingerprint density at radius 1 is 1.25 bits per heavy atom. The fourth-order valence-electron chi connectivity index (χ4n) is 1.39. The summed E-state index contributed by atoms with van der Waals surface area (Å²) in [5.41, 5.74) is 2.57. The average molecular weight is 216 g/mol. The number of aromatic nitrogens is 3. The predicted molar refractivity (Wildman–Crippen MR) is 59.5 cm³/mol. The maximum absolute atomic E-state index is 8.97. The van der Waals surface area contributed by atoms with Gasteiger partial charge in [-0.2, -0.15) is 15.0 Å². The number of aryl methyl sites for hydroxylation is 1. The van der Waals surface area contributed by atoms with Crippen LogP contribution in [0.4, 0.5) is 0 Å². The molecular formula is C11H12N4O. The third kappa shape index (κ3) is 2.25. The van der Waals surface area contributed by atoms with Crippen molar-refractivity contribution in [1.29, 1.82) is 0 Å². The van der Waals surface area contributed by atoms with Crippen LogP contribution in [0.25, 0.3) is 0 Å². The highest BCUT2D eigenvalue weighted by Crippen LogP contribution is 2.05. The molecule has 0 saturated heterocycles. The highest BCUT2D eigenvalue weighted by atomic mass is 16.4. The first kappa shape index (κ1) is 10.4. The Balaban J connectivity index is 2.20.